The van der Waals surface area contributed by atoms with Crippen LogP contribution < -0.4 is 11.1 Å². The number of aryl methyl sites for hydroxylation is 2. The summed E-state index contributed by atoms with van der Waals surface area (Å²) in [6, 6.07) is 12.0. The zero-order chi connectivity index (χ0) is 12.4. The highest BCUT2D eigenvalue weighted by Gasteiger charge is 2.02. The Morgan fingerprint density at radius 2 is 1.47 bits per heavy atom. The molecule has 0 saturated carbocycles. The molecule has 0 spiro atoms. The monoisotopic (exact) mass is 290 g/mol. The zero-order valence-corrected chi connectivity index (χ0v) is 11.5. The molecule has 0 amide bonds. The van der Waals surface area contributed by atoms with Crippen LogP contribution in [0, 0.1) is 13.8 Å². The lowest BCUT2D eigenvalue weighted by atomic mass is 10.1. The number of rotatable bonds is 2. The van der Waals surface area contributed by atoms with Crippen molar-refractivity contribution in [3.63, 3.8) is 0 Å². The van der Waals surface area contributed by atoms with Gasteiger partial charge in [0.2, 0.25) is 0 Å². The molecule has 0 radical (unpaired) electrons. The maximum Gasteiger partial charge on any atom is 0.0390 e. The molecule has 0 unspecified atom stereocenters. The fraction of sp³-hybridized carbons (Fsp3) is 0.143. The molecule has 3 heteroatoms. The van der Waals surface area contributed by atoms with E-state index in [0.717, 1.165) is 17.1 Å². The van der Waals surface area contributed by atoms with E-state index >= 15 is 0 Å². The van der Waals surface area contributed by atoms with Crippen molar-refractivity contribution < 1.29 is 0 Å². The summed E-state index contributed by atoms with van der Waals surface area (Å²) >= 11 is 3.56. The Labute approximate surface area is 110 Å². The number of halogens is 1. The zero-order valence-electron chi connectivity index (χ0n) is 9.92. The van der Waals surface area contributed by atoms with Gasteiger partial charge in [-0.25, -0.2) is 0 Å². The van der Waals surface area contributed by atoms with E-state index in [1.54, 1.807) is 0 Å². The van der Waals surface area contributed by atoms with Crippen LogP contribution in [-0.4, -0.2) is 0 Å². The number of nitrogens with two attached hydrogens (primary N) is 1. The van der Waals surface area contributed by atoms with Crippen molar-refractivity contribution in [1.29, 1.82) is 0 Å². The first-order valence-corrected chi connectivity index (χ1v) is 6.25. The van der Waals surface area contributed by atoms with Gasteiger partial charge >= 0.3 is 0 Å². The first kappa shape index (κ1) is 12.0. The fourth-order valence-electron chi connectivity index (χ4n) is 1.75. The normalized spacial score (nSPS) is 10.3. The molecule has 0 bridgehead atoms. The molecule has 2 nitrogen and oxygen atoms in total. The van der Waals surface area contributed by atoms with E-state index in [4.69, 9.17) is 5.73 Å². The number of nitrogen functional groups attached to an aromatic ring is 1. The molecule has 88 valence electrons. The molecule has 2 aromatic rings. The number of anilines is 3. The van der Waals surface area contributed by atoms with E-state index in [2.05, 4.69) is 47.2 Å². The van der Waals surface area contributed by atoms with Gasteiger partial charge in [0.15, 0.2) is 0 Å². The molecule has 0 heterocycles. The summed E-state index contributed by atoms with van der Waals surface area (Å²) in [5.74, 6) is 0. The number of hydrogen-bond donors (Lipinski definition) is 2. The Bertz CT molecular complexity index is 509. The van der Waals surface area contributed by atoms with E-state index < -0.39 is 0 Å². The Hall–Kier alpha value is -1.48. The molecule has 0 atom stereocenters. The molecule has 0 aliphatic heterocycles. The minimum absolute atomic E-state index is 0.777. The van der Waals surface area contributed by atoms with Crippen LogP contribution in [0.1, 0.15) is 11.1 Å². The van der Waals surface area contributed by atoms with Gasteiger partial charge in [-0.3, -0.25) is 0 Å². The van der Waals surface area contributed by atoms with Gasteiger partial charge < -0.3 is 11.1 Å². The minimum atomic E-state index is 0.777. The van der Waals surface area contributed by atoms with Gasteiger partial charge in [0.1, 0.15) is 0 Å². The summed E-state index contributed by atoms with van der Waals surface area (Å²) in [4.78, 5) is 0. The quantitative estimate of drug-likeness (QED) is 0.805. The second-order valence-corrected chi connectivity index (χ2v) is 4.96. The summed E-state index contributed by atoms with van der Waals surface area (Å²) in [5.41, 5.74) is 11.0. The first-order valence-electron chi connectivity index (χ1n) is 5.45. The van der Waals surface area contributed by atoms with Crippen molar-refractivity contribution >= 4 is 33.0 Å². The van der Waals surface area contributed by atoms with Crippen molar-refractivity contribution in [1.82, 2.24) is 0 Å². The SMILES string of the molecule is Cc1cc(Nc2ccc(N)cc2)cc(C)c1Br. The van der Waals surface area contributed by atoms with E-state index in [0.29, 0.717) is 0 Å². The molecule has 0 aromatic heterocycles. The Morgan fingerprint density at radius 3 is 2.00 bits per heavy atom. The Kier molecular flexibility index (Phi) is 3.38. The summed E-state index contributed by atoms with van der Waals surface area (Å²) < 4.78 is 1.17. The fourth-order valence-corrected chi connectivity index (χ4v) is 1.98. The molecule has 0 fully saturated rings. The van der Waals surface area contributed by atoms with Crippen LogP contribution in [0.25, 0.3) is 0 Å². The smallest absolute Gasteiger partial charge is 0.0390 e. The molecule has 2 aromatic carbocycles. The number of nitrogens with one attached hydrogen (secondary N) is 1. The highest BCUT2D eigenvalue weighted by molar-refractivity contribution is 9.10. The van der Waals surface area contributed by atoms with Crippen molar-refractivity contribution in [2.24, 2.45) is 0 Å². The van der Waals surface area contributed by atoms with Crippen LogP contribution in [0.4, 0.5) is 17.1 Å². The Balaban J connectivity index is 2.27. The lowest BCUT2D eigenvalue weighted by molar-refractivity contribution is 1.33. The summed E-state index contributed by atoms with van der Waals surface area (Å²) in [6.45, 7) is 4.18. The van der Waals surface area contributed by atoms with Crippen molar-refractivity contribution in [3.05, 3.63) is 52.0 Å². The third-order valence-corrected chi connectivity index (χ3v) is 3.89. The second-order valence-electron chi connectivity index (χ2n) is 4.17. The topological polar surface area (TPSA) is 38.0 Å². The van der Waals surface area contributed by atoms with Gasteiger partial charge in [-0.05, 0) is 61.4 Å². The van der Waals surface area contributed by atoms with Crippen LogP contribution in [0.5, 0.6) is 0 Å². The van der Waals surface area contributed by atoms with Crippen molar-refractivity contribution in [2.45, 2.75) is 13.8 Å². The highest BCUT2D eigenvalue weighted by atomic mass is 79.9. The molecular formula is C14H15BrN2. The third kappa shape index (κ3) is 2.80. The molecule has 0 aliphatic carbocycles. The van der Waals surface area contributed by atoms with E-state index in [1.807, 2.05) is 24.3 Å². The van der Waals surface area contributed by atoms with Crippen LogP contribution in [0.15, 0.2) is 40.9 Å². The molecular weight excluding hydrogens is 276 g/mol. The predicted molar refractivity (Wildman–Crippen MR) is 77.8 cm³/mol. The average molecular weight is 291 g/mol. The van der Waals surface area contributed by atoms with Crippen LogP contribution >= 0.6 is 15.9 Å². The molecule has 17 heavy (non-hydrogen) atoms. The van der Waals surface area contributed by atoms with Gasteiger partial charge in [0.25, 0.3) is 0 Å². The lowest BCUT2D eigenvalue weighted by Crippen LogP contribution is -1.93. The molecule has 2 rings (SSSR count). The van der Waals surface area contributed by atoms with Gasteiger partial charge in [-0.1, -0.05) is 15.9 Å². The van der Waals surface area contributed by atoms with E-state index in [-0.39, 0.29) is 0 Å². The lowest BCUT2D eigenvalue weighted by Gasteiger charge is -2.10. The average Bonchev–Trinajstić information content (AvgIpc) is 2.29. The van der Waals surface area contributed by atoms with Crippen LogP contribution in [0.2, 0.25) is 0 Å². The molecule has 0 saturated heterocycles. The van der Waals surface area contributed by atoms with Gasteiger partial charge in [0, 0.05) is 21.5 Å². The van der Waals surface area contributed by atoms with Crippen LogP contribution in [0.3, 0.4) is 0 Å². The van der Waals surface area contributed by atoms with Crippen molar-refractivity contribution in [3.8, 4) is 0 Å². The highest BCUT2D eigenvalue weighted by Crippen LogP contribution is 2.27. The Morgan fingerprint density at radius 1 is 0.941 bits per heavy atom. The van der Waals surface area contributed by atoms with Gasteiger partial charge in [-0.2, -0.15) is 0 Å². The predicted octanol–water partition coefficient (Wildman–Crippen LogP) is 4.39. The number of hydrogen-bond acceptors (Lipinski definition) is 2. The maximum atomic E-state index is 5.65. The van der Waals surface area contributed by atoms with Gasteiger partial charge in [-0.15, -0.1) is 0 Å². The molecule has 3 N–H and O–H groups in total. The second kappa shape index (κ2) is 4.80. The summed E-state index contributed by atoms with van der Waals surface area (Å²) in [7, 11) is 0. The summed E-state index contributed by atoms with van der Waals surface area (Å²) in [5, 5.41) is 3.36. The third-order valence-electron chi connectivity index (χ3n) is 2.64. The number of benzene rings is 2. The van der Waals surface area contributed by atoms with E-state index in [1.165, 1.54) is 15.6 Å². The standard InChI is InChI=1S/C14H15BrN2/c1-9-7-13(8-10(2)14(9)15)17-12-5-3-11(16)4-6-12/h3-8,17H,16H2,1-2H3. The first-order chi connectivity index (χ1) is 8.06. The van der Waals surface area contributed by atoms with Crippen LogP contribution in [-0.2, 0) is 0 Å². The largest absolute Gasteiger partial charge is 0.399 e. The van der Waals surface area contributed by atoms with Crippen molar-refractivity contribution in [2.75, 3.05) is 11.1 Å². The maximum absolute atomic E-state index is 5.65. The summed E-state index contributed by atoms with van der Waals surface area (Å²) in [6.07, 6.45) is 0. The molecule has 0 aliphatic rings. The van der Waals surface area contributed by atoms with E-state index in [9.17, 15) is 0 Å². The minimum Gasteiger partial charge on any atom is -0.399 e. The van der Waals surface area contributed by atoms with Gasteiger partial charge in [0.05, 0.1) is 0 Å².